The number of ether oxygens (including phenoxy) is 1. The van der Waals surface area contributed by atoms with Gasteiger partial charge in [0.25, 0.3) is 5.91 Å². The average molecular weight is 306 g/mol. The normalized spacial score (nSPS) is 17.9. The maximum Gasteiger partial charge on any atom is 0.269 e. The molecule has 1 saturated heterocycles. The van der Waals surface area contributed by atoms with E-state index in [1.54, 1.807) is 12.1 Å². The van der Waals surface area contributed by atoms with Crippen LogP contribution in [0, 0.1) is 5.92 Å². The van der Waals surface area contributed by atoms with E-state index < -0.39 is 0 Å². The molecule has 0 spiro atoms. The van der Waals surface area contributed by atoms with Crippen molar-refractivity contribution in [1.29, 1.82) is 0 Å². The van der Waals surface area contributed by atoms with Crippen LogP contribution in [0.4, 0.5) is 0 Å². The number of hydrogen-bond acceptors (Lipinski definition) is 3. The molecule has 2 N–H and O–H groups in total. The third kappa shape index (κ3) is 3.43. The number of nitrogens with one attached hydrogen (secondary N) is 2. The summed E-state index contributed by atoms with van der Waals surface area (Å²) >= 11 is 5.96. The first kappa shape index (κ1) is 14.1. The van der Waals surface area contributed by atoms with Crippen LogP contribution in [0.25, 0.3) is 11.3 Å². The maximum atomic E-state index is 12.1. The van der Waals surface area contributed by atoms with E-state index in [1.165, 1.54) is 0 Å². The summed E-state index contributed by atoms with van der Waals surface area (Å²) in [6.07, 6.45) is 0.997. The molecule has 21 heavy (non-hydrogen) atoms. The molecule has 1 fully saturated rings. The molecule has 0 aliphatic carbocycles. The molecule has 2 heterocycles. The van der Waals surface area contributed by atoms with E-state index in [0.29, 0.717) is 28.9 Å². The molecule has 3 rings (SSSR count). The minimum absolute atomic E-state index is 0.150. The van der Waals surface area contributed by atoms with E-state index in [2.05, 4.69) is 15.5 Å². The van der Waals surface area contributed by atoms with Crippen LogP contribution >= 0.6 is 11.6 Å². The maximum absolute atomic E-state index is 12.1. The lowest BCUT2D eigenvalue weighted by atomic mass is 10.1. The highest BCUT2D eigenvalue weighted by Gasteiger charge is 2.17. The Kier molecular flexibility index (Phi) is 4.22. The highest BCUT2D eigenvalue weighted by Crippen LogP contribution is 2.21. The molecule has 1 amide bonds. The molecule has 5 nitrogen and oxygen atoms in total. The van der Waals surface area contributed by atoms with Crippen LogP contribution in [-0.2, 0) is 4.74 Å². The zero-order valence-electron chi connectivity index (χ0n) is 11.4. The number of aromatic nitrogens is 2. The monoisotopic (exact) mass is 305 g/mol. The van der Waals surface area contributed by atoms with E-state index in [1.807, 2.05) is 18.2 Å². The molecule has 2 aromatic rings. The molecule has 1 aromatic carbocycles. The van der Waals surface area contributed by atoms with Gasteiger partial charge in [-0.1, -0.05) is 23.7 Å². The predicted octanol–water partition coefficient (Wildman–Crippen LogP) is 2.50. The summed E-state index contributed by atoms with van der Waals surface area (Å²) < 4.78 is 5.28. The van der Waals surface area contributed by atoms with Crippen LogP contribution < -0.4 is 5.32 Å². The van der Waals surface area contributed by atoms with E-state index in [4.69, 9.17) is 16.3 Å². The number of H-pyrrole nitrogens is 1. The third-order valence-electron chi connectivity index (χ3n) is 3.52. The number of halogens is 1. The van der Waals surface area contributed by atoms with E-state index in [-0.39, 0.29) is 5.91 Å². The summed E-state index contributed by atoms with van der Waals surface area (Å²) in [6, 6.07) is 9.10. The molecular weight excluding hydrogens is 290 g/mol. The van der Waals surface area contributed by atoms with Gasteiger partial charge in [0, 0.05) is 29.7 Å². The zero-order chi connectivity index (χ0) is 14.7. The minimum atomic E-state index is -0.150. The van der Waals surface area contributed by atoms with Crippen LogP contribution in [0.5, 0.6) is 0 Å². The number of nitrogens with zero attached hydrogens (tertiary/aromatic N) is 1. The van der Waals surface area contributed by atoms with Gasteiger partial charge in [-0.15, -0.1) is 0 Å². The van der Waals surface area contributed by atoms with Crippen LogP contribution in [0.2, 0.25) is 5.02 Å². The predicted molar refractivity (Wildman–Crippen MR) is 80.3 cm³/mol. The van der Waals surface area contributed by atoms with Crippen molar-refractivity contribution in [2.24, 2.45) is 5.92 Å². The van der Waals surface area contributed by atoms with Gasteiger partial charge in [0.1, 0.15) is 5.69 Å². The van der Waals surface area contributed by atoms with Crippen molar-refractivity contribution in [3.63, 3.8) is 0 Å². The van der Waals surface area contributed by atoms with Crippen LogP contribution in [-0.4, -0.2) is 35.9 Å². The number of carbonyl (C=O) groups excluding carboxylic acids is 1. The van der Waals surface area contributed by atoms with Gasteiger partial charge in [-0.2, -0.15) is 5.10 Å². The number of benzene rings is 1. The molecule has 110 valence electrons. The highest BCUT2D eigenvalue weighted by molar-refractivity contribution is 6.30. The number of aromatic amines is 1. The number of amides is 1. The third-order valence-corrected chi connectivity index (χ3v) is 3.75. The van der Waals surface area contributed by atoms with Crippen molar-refractivity contribution in [3.8, 4) is 11.3 Å². The molecule has 0 radical (unpaired) electrons. The quantitative estimate of drug-likeness (QED) is 0.912. The summed E-state index contributed by atoms with van der Waals surface area (Å²) in [6.45, 7) is 2.13. The Hall–Kier alpha value is -1.85. The SMILES string of the molecule is O=C(NC[C@H]1CCOC1)c1cc(-c2cccc(Cl)c2)n[nH]1. The van der Waals surface area contributed by atoms with Crippen molar-refractivity contribution in [2.45, 2.75) is 6.42 Å². The van der Waals surface area contributed by atoms with E-state index in [9.17, 15) is 4.79 Å². The van der Waals surface area contributed by atoms with Gasteiger partial charge in [0.05, 0.1) is 12.3 Å². The van der Waals surface area contributed by atoms with Crippen molar-refractivity contribution >= 4 is 17.5 Å². The lowest BCUT2D eigenvalue weighted by molar-refractivity contribution is 0.0940. The fourth-order valence-electron chi connectivity index (χ4n) is 2.31. The van der Waals surface area contributed by atoms with Gasteiger partial charge in [-0.05, 0) is 24.6 Å². The standard InChI is InChI=1S/C15H16ClN3O2/c16-12-3-1-2-11(6-12)13-7-14(19-18-13)15(20)17-8-10-4-5-21-9-10/h1-3,6-7,10H,4-5,8-9H2,(H,17,20)(H,18,19)/t10-/m1/s1. The summed E-state index contributed by atoms with van der Waals surface area (Å²) in [5.41, 5.74) is 2.03. The van der Waals surface area contributed by atoms with E-state index in [0.717, 1.165) is 25.2 Å². The van der Waals surface area contributed by atoms with Crippen LogP contribution in [0.1, 0.15) is 16.9 Å². The Morgan fingerprint density at radius 2 is 2.38 bits per heavy atom. The topological polar surface area (TPSA) is 67.0 Å². The average Bonchev–Trinajstić information content (AvgIpc) is 3.16. The number of carbonyl (C=O) groups is 1. The van der Waals surface area contributed by atoms with Crippen LogP contribution in [0.15, 0.2) is 30.3 Å². The number of hydrogen-bond donors (Lipinski definition) is 2. The van der Waals surface area contributed by atoms with Gasteiger partial charge in [0.15, 0.2) is 0 Å². The first-order chi connectivity index (χ1) is 10.2. The van der Waals surface area contributed by atoms with Crippen molar-refractivity contribution in [1.82, 2.24) is 15.5 Å². The van der Waals surface area contributed by atoms with Crippen molar-refractivity contribution < 1.29 is 9.53 Å². The van der Waals surface area contributed by atoms with Gasteiger partial charge in [-0.25, -0.2) is 0 Å². The zero-order valence-corrected chi connectivity index (χ0v) is 12.2. The smallest absolute Gasteiger partial charge is 0.269 e. The van der Waals surface area contributed by atoms with Gasteiger partial charge < -0.3 is 10.1 Å². The molecular formula is C15H16ClN3O2. The molecule has 1 aromatic heterocycles. The van der Waals surface area contributed by atoms with Gasteiger partial charge in [-0.3, -0.25) is 9.89 Å². The second kappa shape index (κ2) is 6.28. The summed E-state index contributed by atoms with van der Waals surface area (Å²) in [5, 5.41) is 10.5. The molecule has 1 aliphatic heterocycles. The molecule has 1 atom stereocenters. The Morgan fingerprint density at radius 3 is 3.14 bits per heavy atom. The fraction of sp³-hybridized carbons (Fsp3) is 0.333. The Balaban J connectivity index is 1.65. The molecule has 0 saturated carbocycles. The Bertz CT molecular complexity index is 635. The minimum Gasteiger partial charge on any atom is -0.381 e. The molecule has 6 heteroatoms. The van der Waals surface area contributed by atoms with Crippen LogP contribution in [0.3, 0.4) is 0 Å². The Morgan fingerprint density at radius 1 is 1.48 bits per heavy atom. The molecule has 0 unspecified atom stereocenters. The molecule has 0 bridgehead atoms. The van der Waals surface area contributed by atoms with Gasteiger partial charge in [0.2, 0.25) is 0 Å². The molecule has 1 aliphatic rings. The first-order valence-corrected chi connectivity index (χ1v) is 7.27. The van der Waals surface area contributed by atoms with Gasteiger partial charge >= 0.3 is 0 Å². The second-order valence-electron chi connectivity index (χ2n) is 5.12. The fourth-order valence-corrected chi connectivity index (χ4v) is 2.50. The largest absolute Gasteiger partial charge is 0.381 e. The second-order valence-corrected chi connectivity index (χ2v) is 5.55. The lowest BCUT2D eigenvalue weighted by Crippen LogP contribution is -2.29. The highest BCUT2D eigenvalue weighted by atomic mass is 35.5. The summed E-state index contributed by atoms with van der Waals surface area (Å²) in [7, 11) is 0. The van der Waals surface area contributed by atoms with Crippen molar-refractivity contribution in [3.05, 3.63) is 41.0 Å². The first-order valence-electron chi connectivity index (χ1n) is 6.89. The summed E-state index contributed by atoms with van der Waals surface area (Å²) in [4.78, 5) is 12.1. The Labute approximate surface area is 127 Å². The van der Waals surface area contributed by atoms with E-state index >= 15 is 0 Å². The number of rotatable bonds is 4. The van der Waals surface area contributed by atoms with Crippen molar-refractivity contribution in [2.75, 3.05) is 19.8 Å². The lowest BCUT2D eigenvalue weighted by Gasteiger charge is -2.07. The summed E-state index contributed by atoms with van der Waals surface area (Å²) in [5.74, 6) is 0.256.